The number of ether oxygens (including phenoxy) is 2. The lowest BCUT2D eigenvalue weighted by Gasteiger charge is -2.12. The first kappa shape index (κ1) is 19.1. The highest BCUT2D eigenvalue weighted by atomic mass is 16.5. The molecule has 0 bridgehead atoms. The van der Waals surface area contributed by atoms with Gasteiger partial charge in [-0.25, -0.2) is 0 Å². The third kappa shape index (κ3) is 3.34. The Morgan fingerprint density at radius 2 is 1.67 bits per heavy atom. The van der Waals surface area contributed by atoms with Gasteiger partial charge in [0.2, 0.25) is 11.8 Å². The molecular formula is C20H16N4O6. The van der Waals surface area contributed by atoms with Crippen LogP contribution in [0.1, 0.15) is 20.7 Å². The van der Waals surface area contributed by atoms with Gasteiger partial charge in [-0.3, -0.25) is 24.6 Å². The summed E-state index contributed by atoms with van der Waals surface area (Å²) in [5.74, 6) is -0.539. The highest BCUT2D eigenvalue weighted by Gasteiger charge is 2.36. The van der Waals surface area contributed by atoms with Gasteiger partial charge in [-0.2, -0.15) is 0 Å². The molecule has 10 heteroatoms. The van der Waals surface area contributed by atoms with Crippen LogP contribution in [0, 0.1) is 0 Å². The third-order valence-corrected chi connectivity index (χ3v) is 4.48. The third-order valence-electron chi connectivity index (χ3n) is 4.48. The first-order valence-corrected chi connectivity index (χ1v) is 8.82. The molecule has 0 radical (unpaired) electrons. The zero-order valence-electron chi connectivity index (χ0n) is 16.0. The summed E-state index contributed by atoms with van der Waals surface area (Å²) in [5.41, 5.74) is 1.09. The fraction of sp³-hybridized carbons (Fsp3) is 0.150. The summed E-state index contributed by atoms with van der Waals surface area (Å²) in [7, 11) is 3.02. The van der Waals surface area contributed by atoms with Crippen LogP contribution in [0.25, 0.3) is 11.5 Å². The molecule has 0 atom stereocenters. The van der Waals surface area contributed by atoms with Crippen molar-refractivity contribution in [2.45, 2.75) is 0 Å². The molecule has 1 aliphatic rings. The molecule has 30 heavy (non-hydrogen) atoms. The number of carbonyl (C=O) groups is 3. The molecule has 0 unspecified atom stereocenters. The summed E-state index contributed by atoms with van der Waals surface area (Å²) in [6, 6.07) is 11.3. The number of nitrogens with one attached hydrogen (secondary N) is 1. The van der Waals surface area contributed by atoms with E-state index in [0.717, 1.165) is 4.90 Å². The summed E-state index contributed by atoms with van der Waals surface area (Å²) in [4.78, 5) is 37.9. The molecule has 0 spiro atoms. The minimum Gasteiger partial charge on any atom is -0.493 e. The molecule has 2 heterocycles. The van der Waals surface area contributed by atoms with Crippen molar-refractivity contribution in [3.05, 3.63) is 53.6 Å². The Labute approximate surface area is 170 Å². The quantitative estimate of drug-likeness (QED) is 0.614. The molecule has 0 fully saturated rings. The minimum atomic E-state index is -0.646. The molecule has 3 amide bonds. The van der Waals surface area contributed by atoms with Crippen molar-refractivity contribution in [3.8, 4) is 23.0 Å². The first-order chi connectivity index (χ1) is 14.5. The fourth-order valence-electron chi connectivity index (χ4n) is 3.04. The van der Waals surface area contributed by atoms with Crippen molar-refractivity contribution in [3.63, 3.8) is 0 Å². The average molecular weight is 408 g/mol. The molecular weight excluding hydrogens is 392 g/mol. The van der Waals surface area contributed by atoms with Crippen LogP contribution in [0.3, 0.4) is 0 Å². The van der Waals surface area contributed by atoms with E-state index in [1.54, 1.807) is 42.5 Å². The number of rotatable bonds is 6. The number of imide groups is 1. The van der Waals surface area contributed by atoms with Gasteiger partial charge in [-0.15, -0.1) is 5.10 Å². The number of methoxy groups -OCH3 is 2. The van der Waals surface area contributed by atoms with E-state index < -0.39 is 24.3 Å². The molecule has 0 saturated carbocycles. The highest BCUT2D eigenvalue weighted by Crippen LogP contribution is 2.32. The predicted octanol–water partition coefficient (Wildman–Crippen LogP) is 1.99. The number of anilines is 1. The van der Waals surface area contributed by atoms with Crippen LogP contribution in [-0.4, -0.2) is 53.6 Å². The second kappa shape index (κ2) is 7.66. The Balaban J connectivity index is 1.45. The predicted molar refractivity (Wildman–Crippen MR) is 103 cm³/mol. The van der Waals surface area contributed by atoms with Crippen LogP contribution < -0.4 is 14.8 Å². The van der Waals surface area contributed by atoms with E-state index in [4.69, 9.17) is 13.9 Å². The zero-order valence-corrected chi connectivity index (χ0v) is 16.0. The molecule has 4 rings (SSSR count). The maximum absolute atomic E-state index is 12.3. The number of hydrogen-bond acceptors (Lipinski definition) is 8. The largest absolute Gasteiger partial charge is 0.493 e. The maximum Gasteiger partial charge on any atom is 0.322 e. The molecule has 0 aliphatic carbocycles. The van der Waals surface area contributed by atoms with Crippen molar-refractivity contribution in [2.75, 3.05) is 26.1 Å². The lowest BCUT2D eigenvalue weighted by molar-refractivity contribution is -0.116. The number of nitrogens with zero attached hydrogens (tertiary/aromatic N) is 3. The Morgan fingerprint density at radius 3 is 2.30 bits per heavy atom. The molecule has 0 saturated heterocycles. The molecule has 10 nitrogen and oxygen atoms in total. The Hall–Kier alpha value is -4.21. The van der Waals surface area contributed by atoms with Crippen molar-refractivity contribution in [1.29, 1.82) is 0 Å². The van der Waals surface area contributed by atoms with Crippen LogP contribution in [0.4, 0.5) is 6.01 Å². The molecule has 1 N–H and O–H groups in total. The average Bonchev–Trinajstić information content (AvgIpc) is 3.32. The Kier molecular flexibility index (Phi) is 4.88. The van der Waals surface area contributed by atoms with Crippen LogP contribution in [0.15, 0.2) is 46.9 Å². The van der Waals surface area contributed by atoms with Gasteiger partial charge < -0.3 is 13.9 Å². The van der Waals surface area contributed by atoms with Gasteiger partial charge in [0.25, 0.3) is 11.8 Å². The summed E-state index contributed by atoms with van der Waals surface area (Å²) >= 11 is 0. The van der Waals surface area contributed by atoms with Crippen LogP contribution >= 0.6 is 0 Å². The number of hydrogen-bond donors (Lipinski definition) is 1. The van der Waals surface area contributed by atoms with E-state index in [2.05, 4.69) is 15.5 Å². The van der Waals surface area contributed by atoms with E-state index in [1.807, 2.05) is 0 Å². The van der Waals surface area contributed by atoms with Gasteiger partial charge in [-0.1, -0.05) is 17.2 Å². The van der Waals surface area contributed by atoms with Crippen LogP contribution in [0.5, 0.6) is 11.5 Å². The maximum atomic E-state index is 12.3. The van der Waals surface area contributed by atoms with Crippen molar-refractivity contribution >= 4 is 23.7 Å². The lowest BCUT2D eigenvalue weighted by atomic mass is 10.1. The summed E-state index contributed by atoms with van der Waals surface area (Å²) in [6.07, 6.45) is 0. The Bertz CT molecular complexity index is 1120. The van der Waals surface area contributed by atoms with E-state index in [-0.39, 0.29) is 23.0 Å². The van der Waals surface area contributed by atoms with Crippen molar-refractivity contribution in [2.24, 2.45) is 0 Å². The summed E-state index contributed by atoms with van der Waals surface area (Å²) in [6.45, 7) is -0.472. The van der Waals surface area contributed by atoms with Gasteiger partial charge in [0, 0.05) is 5.56 Å². The topological polar surface area (TPSA) is 124 Å². The number of benzene rings is 2. The highest BCUT2D eigenvalue weighted by molar-refractivity contribution is 6.22. The normalized spacial score (nSPS) is 12.7. The van der Waals surface area contributed by atoms with Gasteiger partial charge in [0.05, 0.1) is 25.3 Å². The smallest absolute Gasteiger partial charge is 0.322 e. The van der Waals surface area contributed by atoms with Gasteiger partial charge in [0.1, 0.15) is 6.54 Å². The SMILES string of the molecule is COc1ccc(-c2nnc(NC(=O)CN3C(=O)c4ccccc4C3=O)o2)cc1OC. The number of amides is 3. The second-order valence-electron chi connectivity index (χ2n) is 6.27. The molecule has 152 valence electrons. The van der Waals surface area contributed by atoms with E-state index in [1.165, 1.54) is 14.2 Å². The standard InChI is InChI=1S/C20H16N4O6/c1-28-14-8-7-11(9-15(14)29-2)17-22-23-20(30-17)21-16(25)10-24-18(26)12-5-3-4-6-13(12)19(24)27/h3-9H,10H2,1-2H3,(H,21,23,25). The van der Waals surface area contributed by atoms with Crippen molar-refractivity contribution < 1.29 is 28.3 Å². The van der Waals surface area contributed by atoms with E-state index in [9.17, 15) is 14.4 Å². The summed E-state index contributed by atoms with van der Waals surface area (Å²) < 4.78 is 15.9. The second-order valence-corrected chi connectivity index (χ2v) is 6.27. The lowest BCUT2D eigenvalue weighted by Crippen LogP contribution is -2.37. The number of aromatic nitrogens is 2. The monoisotopic (exact) mass is 408 g/mol. The molecule has 1 aromatic heterocycles. The fourth-order valence-corrected chi connectivity index (χ4v) is 3.04. The number of fused-ring (bicyclic) bond motifs is 1. The van der Waals surface area contributed by atoms with Gasteiger partial charge in [0.15, 0.2) is 11.5 Å². The van der Waals surface area contributed by atoms with Gasteiger partial charge in [-0.05, 0) is 30.3 Å². The molecule has 2 aromatic carbocycles. The minimum absolute atomic E-state index is 0.145. The Morgan fingerprint density at radius 1 is 1.00 bits per heavy atom. The van der Waals surface area contributed by atoms with Crippen LogP contribution in [-0.2, 0) is 4.79 Å². The number of carbonyl (C=O) groups excluding carboxylic acids is 3. The summed E-state index contributed by atoms with van der Waals surface area (Å²) in [5, 5.41) is 10.1. The first-order valence-electron chi connectivity index (χ1n) is 8.82. The van der Waals surface area contributed by atoms with Crippen molar-refractivity contribution in [1.82, 2.24) is 15.1 Å². The molecule has 1 aliphatic heterocycles. The van der Waals surface area contributed by atoms with Gasteiger partial charge >= 0.3 is 6.01 Å². The molecule has 3 aromatic rings. The van der Waals surface area contributed by atoms with E-state index >= 15 is 0 Å². The van der Waals surface area contributed by atoms with Crippen LogP contribution in [0.2, 0.25) is 0 Å². The van der Waals surface area contributed by atoms with E-state index in [0.29, 0.717) is 17.1 Å². The zero-order chi connectivity index (χ0) is 21.3.